The van der Waals surface area contributed by atoms with E-state index < -0.39 is 6.16 Å². The molecule has 2 aromatic rings. The highest BCUT2D eigenvalue weighted by Crippen LogP contribution is 2.36. The fourth-order valence-corrected chi connectivity index (χ4v) is 3.29. The molecule has 0 spiro atoms. The molecular formula is C27H38O7. The summed E-state index contributed by atoms with van der Waals surface area (Å²) >= 11 is 0. The number of hydrogen-bond donors (Lipinski definition) is 0. The standard InChI is InChI=1S/C27H38O7/c1-26(2,3)21-11-9-19(17-23(21)31-15-13-29-7)33-25(28)34-20-10-12-22(27(4,5)6)24(18-20)32-16-14-30-8/h9-12,17-18H,13-16H2,1-8H3. The topological polar surface area (TPSA) is 72.5 Å². The van der Waals surface area contributed by atoms with E-state index in [1.54, 1.807) is 38.5 Å². The van der Waals surface area contributed by atoms with Gasteiger partial charge in [-0.25, -0.2) is 4.79 Å². The number of hydrogen-bond acceptors (Lipinski definition) is 7. The highest BCUT2D eigenvalue weighted by Gasteiger charge is 2.22. The largest absolute Gasteiger partial charge is 0.519 e. The lowest BCUT2D eigenvalue weighted by Gasteiger charge is -2.23. The number of rotatable bonds is 10. The van der Waals surface area contributed by atoms with E-state index in [0.717, 1.165) is 11.1 Å². The molecule has 0 aliphatic rings. The van der Waals surface area contributed by atoms with Gasteiger partial charge in [-0.3, -0.25) is 0 Å². The maximum Gasteiger partial charge on any atom is 0.519 e. The van der Waals surface area contributed by atoms with Gasteiger partial charge in [0.15, 0.2) is 0 Å². The summed E-state index contributed by atoms with van der Waals surface area (Å²) in [6.07, 6.45) is -0.849. The fourth-order valence-electron chi connectivity index (χ4n) is 3.29. The van der Waals surface area contributed by atoms with Crippen molar-refractivity contribution in [3.8, 4) is 23.0 Å². The van der Waals surface area contributed by atoms with E-state index in [-0.39, 0.29) is 10.8 Å². The van der Waals surface area contributed by atoms with Crippen LogP contribution in [-0.2, 0) is 20.3 Å². The van der Waals surface area contributed by atoms with Gasteiger partial charge < -0.3 is 28.4 Å². The number of ether oxygens (including phenoxy) is 6. The second-order valence-corrected chi connectivity index (χ2v) is 9.95. The van der Waals surface area contributed by atoms with Gasteiger partial charge in [-0.15, -0.1) is 0 Å². The first kappa shape index (κ1) is 27.5. The molecule has 0 amide bonds. The van der Waals surface area contributed by atoms with E-state index >= 15 is 0 Å². The van der Waals surface area contributed by atoms with Crippen molar-refractivity contribution in [1.29, 1.82) is 0 Å². The highest BCUT2D eigenvalue weighted by atomic mass is 16.7. The monoisotopic (exact) mass is 474 g/mol. The van der Waals surface area contributed by atoms with Crippen molar-refractivity contribution < 1.29 is 33.2 Å². The summed E-state index contributed by atoms with van der Waals surface area (Å²) in [5.74, 6) is 1.93. The van der Waals surface area contributed by atoms with Crippen LogP contribution in [0.1, 0.15) is 52.7 Å². The number of carbonyl (C=O) groups excluding carboxylic acids is 1. The van der Waals surface area contributed by atoms with Gasteiger partial charge in [0, 0.05) is 26.4 Å². The third-order valence-corrected chi connectivity index (χ3v) is 5.01. The molecular weight excluding hydrogens is 436 g/mol. The Balaban J connectivity index is 2.18. The molecule has 0 aliphatic heterocycles. The Kier molecular flexibility index (Phi) is 9.77. The number of carbonyl (C=O) groups is 1. The maximum atomic E-state index is 12.5. The van der Waals surface area contributed by atoms with Crippen molar-refractivity contribution in [2.75, 3.05) is 40.6 Å². The minimum Gasteiger partial charge on any atom is -0.491 e. The Morgan fingerprint density at radius 3 is 1.35 bits per heavy atom. The quantitative estimate of drug-likeness (QED) is 0.241. The molecule has 0 saturated heterocycles. The SMILES string of the molecule is COCCOc1cc(OC(=O)Oc2ccc(C(C)(C)C)c(OCCOC)c2)ccc1C(C)(C)C. The van der Waals surface area contributed by atoms with Gasteiger partial charge in [-0.05, 0) is 34.1 Å². The van der Waals surface area contributed by atoms with Gasteiger partial charge in [0.1, 0.15) is 36.2 Å². The Labute approximate surface area is 203 Å². The molecule has 0 saturated carbocycles. The minimum atomic E-state index is -0.849. The normalized spacial score (nSPS) is 11.8. The van der Waals surface area contributed by atoms with Crippen LogP contribution in [0.3, 0.4) is 0 Å². The summed E-state index contributed by atoms with van der Waals surface area (Å²) < 4.78 is 32.8. The number of methoxy groups -OCH3 is 2. The highest BCUT2D eigenvalue weighted by molar-refractivity contribution is 5.68. The van der Waals surface area contributed by atoms with Crippen molar-refractivity contribution in [2.45, 2.75) is 52.4 Å². The van der Waals surface area contributed by atoms with Crippen LogP contribution >= 0.6 is 0 Å². The van der Waals surface area contributed by atoms with E-state index in [4.69, 9.17) is 28.4 Å². The Morgan fingerprint density at radius 1 is 0.647 bits per heavy atom. The van der Waals surface area contributed by atoms with Crippen molar-refractivity contribution in [3.63, 3.8) is 0 Å². The Bertz CT molecular complexity index is 863. The first-order valence-corrected chi connectivity index (χ1v) is 11.4. The van der Waals surface area contributed by atoms with Crippen LogP contribution < -0.4 is 18.9 Å². The third kappa shape index (κ3) is 8.22. The molecule has 0 N–H and O–H groups in total. The average Bonchev–Trinajstić information content (AvgIpc) is 2.72. The van der Waals surface area contributed by atoms with E-state index in [1.807, 2.05) is 12.1 Å². The second-order valence-electron chi connectivity index (χ2n) is 9.95. The molecule has 2 rings (SSSR count). The summed E-state index contributed by atoms with van der Waals surface area (Å²) in [6, 6.07) is 10.6. The zero-order chi connectivity index (χ0) is 25.4. The van der Waals surface area contributed by atoms with Crippen LogP contribution in [0.2, 0.25) is 0 Å². The molecule has 0 aliphatic carbocycles. The molecule has 0 heterocycles. The maximum absolute atomic E-state index is 12.5. The van der Waals surface area contributed by atoms with Gasteiger partial charge >= 0.3 is 6.16 Å². The minimum absolute atomic E-state index is 0.143. The Hall–Kier alpha value is -2.77. The summed E-state index contributed by atoms with van der Waals surface area (Å²) in [5.41, 5.74) is 1.71. The first-order valence-electron chi connectivity index (χ1n) is 11.4. The van der Waals surface area contributed by atoms with E-state index in [2.05, 4.69) is 41.5 Å². The second kappa shape index (κ2) is 12.1. The zero-order valence-electron chi connectivity index (χ0n) is 21.7. The molecule has 0 radical (unpaired) electrons. The average molecular weight is 475 g/mol. The molecule has 2 aromatic carbocycles. The summed E-state index contributed by atoms with van der Waals surface area (Å²) in [6.45, 7) is 14.2. The molecule has 7 heteroatoms. The molecule has 34 heavy (non-hydrogen) atoms. The smallest absolute Gasteiger partial charge is 0.491 e. The van der Waals surface area contributed by atoms with Gasteiger partial charge in [0.05, 0.1) is 13.2 Å². The van der Waals surface area contributed by atoms with Crippen LogP contribution in [0, 0.1) is 0 Å². The van der Waals surface area contributed by atoms with Gasteiger partial charge in [-0.1, -0.05) is 53.7 Å². The molecule has 0 unspecified atom stereocenters. The van der Waals surface area contributed by atoms with Crippen molar-refractivity contribution >= 4 is 6.16 Å². The molecule has 0 fully saturated rings. The molecule has 0 bridgehead atoms. The van der Waals surface area contributed by atoms with Crippen LogP contribution in [0.25, 0.3) is 0 Å². The van der Waals surface area contributed by atoms with E-state index in [9.17, 15) is 4.79 Å². The molecule has 0 atom stereocenters. The predicted octanol–water partition coefficient (Wildman–Crippen LogP) is 5.91. The van der Waals surface area contributed by atoms with Crippen molar-refractivity contribution in [3.05, 3.63) is 47.5 Å². The molecule has 0 aromatic heterocycles. The molecule has 7 nitrogen and oxygen atoms in total. The zero-order valence-corrected chi connectivity index (χ0v) is 21.7. The van der Waals surface area contributed by atoms with Crippen LogP contribution in [0.5, 0.6) is 23.0 Å². The van der Waals surface area contributed by atoms with Crippen LogP contribution in [0.15, 0.2) is 36.4 Å². The van der Waals surface area contributed by atoms with Gasteiger partial charge in [0.2, 0.25) is 0 Å². The van der Waals surface area contributed by atoms with Gasteiger partial charge in [-0.2, -0.15) is 0 Å². The van der Waals surface area contributed by atoms with E-state index in [1.165, 1.54) is 0 Å². The third-order valence-electron chi connectivity index (χ3n) is 5.01. The van der Waals surface area contributed by atoms with Crippen molar-refractivity contribution in [2.24, 2.45) is 0 Å². The lowest BCUT2D eigenvalue weighted by molar-refractivity contribution is 0.142. The summed E-state index contributed by atoms with van der Waals surface area (Å²) in [5, 5.41) is 0. The van der Waals surface area contributed by atoms with E-state index in [0.29, 0.717) is 49.4 Å². The summed E-state index contributed by atoms with van der Waals surface area (Å²) in [4.78, 5) is 12.5. The van der Waals surface area contributed by atoms with Gasteiger partial charge in [0.25, 0.3) is 0 Å². The Morgan fingerprint density at radius 2 is 1.03 bits per heavy atom. The van der Waals surface area contributed by atoms with Crippen LogP contribution in [0.4, 0.5) is 4.79 Å². The first-order chi connectivity index (χ1) is 16.0. The van der Waals surface area contributed by atoms with Crippen LogP contribution in [-0.4, -0.2) is 46.8 Å². The fraction of sp³-hybridized carbons (Fsp3) is 0.519. The number of benzene rings is 2. The van der Waals surface area contributed by atoms with Crippen molar-refractivity contribution in [1.82, 2.24) is 0 Å². The predicted molar refractivity (Wildman–Crippen MR) is 132 cm³/mol. The summed E-state index contributed by atoms with van der Waals surface area (Å²) in [7, 11) is 3.23. The lowest BCUT2D eigenvalue weighted by atomic mass is 9.86. The molecule has 188 valence electrons. The lowest BCUT2D eigenvalue weighted by Crippen LogP contribution is -2.17.